The lowest BCUT2D eigenvalue weighted by Crippen LogP contribution is -2.11. The van der Waals surface area contributed by atoms with Gasteiger partial charge in [-0.05, 0) is 48.8 Å². The Bertz CT molecular complexity index is 542. The van der Waals surface area contributed by atoms with Gasteiger partial charge in [0.25, 0.3) is 0 Å². The van der Waals surface area contributed by atoms with Crippen molar-refractivity contribution in [3.63, 3.8) is 0 Å². The van der Waals surface area contributed by atoms with Crippen LogP contribution in [0.2, 0.25) is 5.02 Å². The third-order valence-electron chi connectivity index (χ3n) is 3.18. The molecule has 2 nitrogen and oxygen atoms in total. The van der Waals surface area contributed by atoms with E-state index in [9.17, 15) is 0 Å². The third kappa shape index (κ3) is 4.64. The Labute approximate surface area is 125 Å². The van der Waals surface area contributed by atoms with Crippen molar-refractivity contribution in [1.29, 1.82) is 0 Å². The summed E-state index contributed by atoms with van der Waals surface area (Å²) in [6, 6.07) is 16.2. The molecule has 2 aromatic carbocycles. The molecule has 0 bridgehead atoms. The van der Waals surface area contributed by atoms with E-state index in [0.29, 0.717) is 13.2 Å². The lowest BCUT2D eigenvalue weighted by molar-refractivity contribution is 0.106. The van der Waals surface area contributed by atoms with Crippen molar-refractivity contribution in [2.45, 2.75) is 19.6 Å². The van der Waals surface area contributed by atoms with Gasteiger partial charge >= 0.3 is 0 Å². The molecule has 0 aromatic heterocycles. The highest BCUT2D eigenvalue weighted by atomic mass is 35.5. The van der Waals surface area contributed by atoms with Crippen LogP contribution in [0.15, 0.2) is 48.5 Å². The first-order valence-corrected chi connectivity index (χ1v) is 7.21. The number of rotatable bonds is 7. The molecule has 0 spiro atoms. The highest BCUT2D eigenvalue weighted by molar-refractivity contribution is 6.30. The number of likely N-dealkylation sites (N-methyl/N-ethyl adjacent to an activating group) is 1. The Morgan fingerprint density at radius 1 is 1.00 bits per heavy atom. The van der Waals surface area contributed by atoms with Gasteiger partial charge in [0.1, 0.15) is 0 Å². The van der Waals surface area contributed by atoms with Crippen LogP contribution in [0.3, 0.4) is 0 Å². The molecule has 20 heavy (non-hydrogen) atoms. The molecule has 0 amide bonds. The standard InChI is InChI=1S/C17H20ClNO/c1-19-10-9-15-6-2-3-7-16(15)13-20-12-14-5-4-8-17(18)11-14/h2-8,11,19H,9-10,12-13H2,1H3. The van der Waals surface area contributed by atoms with Crippen LogP contribution >= 0.6 is 11.6 Å². The van der Waals surface area contributed by atoms with E-state index in [1.165, 1.54) is 11.1 Å². The van der Waals surface area contributed by atoms with E-state index < -0.39 is 0 Å². The van der Waals surface area contributed by atoms with Crippen LogP contribution in [0.1, 0.15) is 16.7 Å². The van der Waals surface area contributed by atoms with Gasteiger partial charge in [0.2, 0.25) is 0 Å². The number of benzene rings is 2. The smallest absolute Gasteiger partial charge is 0.0724 e. The van der Waals surface area contributed by atoms with Crippen LogP contribution in [0.25, 0.3) is 0 Å². The van der Waals surface area contributed by atoms with Gasteiger partial charge in [-0.1, -0.05) is 48.0 Å². The minimum atomic E-state index is 0.584. The summed E-state index contributed by atoms with van der Waals surface area (Å²) in [5, 5.41) is 3.93. The van der Waals surface area contributed by atoms with Crippen molar-refractivity contribution in [3.8, 4) is 0 Å². The third-order valence-corrected chi connectivity index (χ3v) is 3.41. The summed E-state index contributed by atoms with van der Waals surface area (Å²) in [6.45, 7) is 2.19. The molecule has 106 valence electrons. The summed E-state index contributed by atoms with van der Waals surface area (Å²) in [6.07, 6.45) is 1.02. The molecule has 2 aromatic rings. The van der Waals surface area contributed by atoms with Crippen molar-refractivity contribution in [2.75, 3.05) is 13.6 Å². The summed E-state index contributed by atoms with van der Waals surface area (Å²) in [5.41, 5.74) is 3.70. The first kappa shape index (κ1) is 15.0. The van der Waals surface area contributed by atoms with Crippen LogP contribution in [0.4, 0.5) is 0 Å². The number of halogens is 1. The molecule has 0 radical (unpaired) electrons. The van der Waals surface area contributed by atoms with Gasteiger partial charge in [-0.15, -0.1) is 0 Å². The first-order chi connectivity index (χ1) is 9.79. The minimum absolute atomic E-state index is 0.584. The number of hydrogen-bond acceptors (Lipinski definition) is 2. The molecular formula is C17H20ClNO. The molecule has 0 atom stereocenters. The lowest BCUT2D eigenvalue weighted by Gasteiger charge is -2.10. The largest absolute Gasteiger partial charge is 0.372 e. The maximum Gasteiger partial charge on any atom is 0.0724 e. The molecule has 0 aliphatic heterocycles. The first-order valence-electron chi connectivity index (χ1n) is 6.83. The summed E-state index contributed by atoms with van der Waals surface area (Å²) in [5.74, 6) is 0. The highest BCUT2D eigenvalue weighted by Crippen LogP contribution is 2.14. The SMILES string of the molecule is CNCCc1ccccc1COCc1cccc(Cl)c1. The van der Waals surface area contributed by atoms with E-state index in [1.807, 2.05) is 31.3 Å². The topological polar surface area (TPSA) is 21.3 Å². The van der Waals surface area contributed by atoms with Gasteiger partial charge in [0.15, 0.2) is 0 Å². The molecule has 0 saturated heterocycles. The Hall–Kier alpha value is -1.35. The molecule has 0 heterocycles. The fourth-order valence-electron chi connectivity index (χ4n) is 2.11. The Morgan fingerprint density at radius 3 is 2.55 bits per heavy atom. The van der Waals surface area contributed by atoms with Gasteiger partial charge in [-0.2, -0.15) is 0 Å². The second-order valence-electron chi connectivity index (χ2n) is 4.74. The average molecular weight is 290 g/mol. The van der Waals surface area contributed by atoms with Crippen molar-refractivity contribution < 1.29 is 4.74 Å². The van der Waals surface area contributed by atoms with E-state index >= 15 is 0 Å². The maximum atomic E-state index is 5.96. The molecular weight excluding hydrogens is 270 g/mol. The van der Waals surface area contributed by atoms with Crippen LogP contribution in [-0.2, 0) is 24.4 Å². The zero-order chi connectivity index (χ0) is 14.2. The van der Waals surface area contributed by atoms with Gasteiger partial charge in [-0.25, -0.2) is 0 Å². The number of ether oxygens (including phenoxy) is 1. The van der Waals surface area contributed by atoms with Crippen LogP contribution in [0.5, 0.6) is 0 Å². The molecule has 1 N–H and O–H groups in total. The second kappa shape index (κ2) is 8.05. The quantitative estimate of drug-likeness (QED) is 0.837. The van der Waals surface area contributed by atoms with Gasteiger partial charge in [0, 0.05) is 5.02 Å². The molecule has 0 aliphatic rings. The molecule has 0 unspecified atom stereocenters. The van der Waals surface area contributed by atoms with E-state index in [-0.39, 0.29) is 0 Å². The minimum Gasteiger partial charge on any atom is -0.372 e. The number of hydrogen-bond donors (Lipinski definition) is 1. The number of nitrogens with one attached hydrogen (secondary N) is 1. The average Bonchev–Trinajstić information content (AvgIpc) is 2.46. The predicted molar refractivity (Wildman–Crippen MR) is 84.0 cm³/mol. The lowest BCUT2D eigenvalue weighted by atomic mass is 10.1. The second-order valence-corrected chi connectivity index (χ2v) is 5.18. The van der Waals surface area contributed by atoms with Gasteiger partial charge in [-0.3, -0.25) is 0 Å². The van der Waals surface area contributed by atoms with Crippen molar-refractivity contribution in [2.24, 2.45) is 0 Å². The Kier molecular flexibility index (Phi) is 6.06. The maximum absolute atomic E-state index is 5.96. The molecule has 0 fully saturated rings. The Balaban J connectivity index is 1.90. The molecule has 3 heteroatoms. The van der Waals surface area contributed by atoms with E-state index in [0.717, 1.165) is 23.6 Å². The zero-order valence-electron chi connectivity index (χ0n) is 11.7. The van der Waals surface area contributed by atoms with Crippen molar-refractivity contribution in [1.82, 2.24) is 5.32 Å². The molecule has 0 saturated carbocycles. The highest BCUT2D eigenvalue weighted by Gasteiger charge is 2.02. The normalized spacial score (nSPS) is 10.7. The molecule has 0 aliphatic carbocycles. The van der Waals surface area contributed by atoms with Crippen LogP contribution in [-0.4, -0.2) is 13.6 Å². The van der Waals surface area contributed by atoms with Crippen molar-refractivity contribution in [3.05, 3.63) is 70.2 Å². The van der Waals surface area contributed by atoms with Gasteiger partial charge < -0.3 is 10.1 Å². The molecule has 2 rings (SSSR count). The Morgan fingerprint density at radius 2 is 1.80 bits per heavy atom. The fourth-order valence-corrected chi connectivity index (χ4v) is 2.32. The van der Waals surface area contributed by atoms with Crippen LogP contribution < -0.4 is 5.32 Å². The van der Waals surface area contributed by atoms with Gasteiger partial charge in [0.05, 0.1) is 13.2 Å². The monoisotopic (exact) mass is 289 g/mol. The summed E-state index contributed by atoms with van der Waals surface area (Å²) in [7, 11) is 1.97. The summed E-state index contributed by atoms with van der Waals surface area (Å²) >= 11 is 5.96. The van der Waals surface area contributed by atoms with Crippen molar-refractivity contribution >= 4 is 11.6 Å². The summed E-state index contributed by atoms with van der Waals surface area (Å²) < 4.78 is 5.80. The van der Waals surface area contributed by atoms with E-state index in [4.69, 9.17) is 16.3 Å². The fraction of sp³-hybridized carbons (Fsp3) is 0.294. The predicted octanol–water partition coefficient (Wildman–Crippen LogP) is 3.82. The van der Waals surface area contributed by atoms with E-state index in [2.05, 4.69) is 29.6 Å². The summed E-state index contributed by atoms with van der Waals surface area (Å²) in [4.78, 5) is 0. The van der Waals surface area contributed by atoms with Crippen LogP contribution in [0, 0.1) is 0 Å². The van der Waals surface area contributed by atoms with E-state index in [1.54, 1.807) is 0 Å². The zero-order valence-corrected chi connectivity index (χ0v) is 12.5.